The zero-order valence-electron chi connectivity index (χ0n) is 9.94. The van der Waals surface area contributed by atoms with Crippen molar-refractivity contribution in [3.05, 3.63) is 0 Å². The summed E-state index contributed by atoms with van der Waals surface area (Å²) in [6.07, 6.45) is -0.00687. The molecule has 1 amide bonds. The van der Waals surface area contributed by atoms with Gasteiger partial charge >= 0.3 is 5.97 Å². The predicted octanol–water partition coefficient (Wildman–Crippen LogP) is -0.743. The Hall–Kier alpha value is -1.18. The summed E-state index contributed by atoms with van der Waals surface area (Å²) in [7, 11) is 1.45. The molecule has 0 aromatic rings. The van der Waals surface area contributed by atoms with Crippen molar-refractivity contribution in [2.75, 3.05) is 46.7 Å². The van der Waals surface area contributed by atoms with Crippen molar-refractivity contribution in [3.8, 4) is 0 Å². The summed E-state index contributed by atoms with van der Waals surface area (Å²) in [6, 6.07) is 0. The second-order valence-electron chi connectivity index (χ2n) is 3.15. The molecule has 0 fully saturated rings. The van der Waals surface area contributed by atoms with E-state index in [0.717, 1.165) is 0 Å². The Morgan fingerprint density at radius 2 is 1.76 bits per heavy atom. The highest BCUT2D eigenvalue weighted by Gasteiger charge is 1.98. The minimum atomic E-state index is -0.883. The number of ether oxygens (including phenoxy) is 3. The number of methoxy groups -OCH3 is 1. The molecule has 0 rings (SSSR count). The van der Waals surface area contributed by atoms with Gasteiger partial charge in [-0.2, -0.15) is 0 Å². The first kappa shape index (κ1) is 15.8. The average molecular weight is 249 g/mol. The second kappa shape index (κ2) is 11.3. The lowest BCUT2D eigenvalue weighted by Crippen LogP contribution is -2.30. The third kappa shape index (κ3) is 12.8. The maximum Gasteiger partial charge on any atom is 0.305 e. The zero-order valence-corrected chi connectivity index (χ0v) is 9.94. The van der Waals surface area contributed by atoms with Gasteiger partial charge < -0.3 is 24.6 Å². The van der Waals surface area contributed by atoms with Gasteiger partial charge in [-0.1, -0.05) is 0 Å². The number of carbonyl (C=O) groups excluding carboxylic acids is 1. The normalized spacial score (nSPS) is 10.2. The molecule has 0 unspecified atom stereocenters. The van der Waals surface area contributed by atoms with Crippen LogP contribution in [0.1, 0.15) is 6.42 Å². The molecule has 0 aliphatic carbocycles. The van der Waals surface area contributed by atoms with E-state index in [0.29, 0.717) is 26.4 Å². The highest BCUT2D eigenvalue weighted by molar-refractivity contribution is 5.77. The summed E-state index contributed by atoms with van der Waals surface area (Å²) in [5, 5.41) is 10.9. The molecular weight excluding hydrogens is 230 g/mol. The standard InChI is InChI=1S/C10H19NO6/c1-15-8-9(12)11-3-5-17-7-6-16-4-2-10(13)14/h2-8H2,1H3,(H,11,12)(H,13,14). The molecule has 0 saturated heterocycles. The monoisotopic (exact) mass is 249 g/mol. The van der Waals surface area contributed by atoms with Crippen molar-refractivity contribution in [2.45, 2.75) is 6.42 Å². The van der Waals surface area contributed by atoms with Crippen LogP contribution in [0.3, 0.4) is 0 Å². The lowest BCUT2D eigenvalue weighted by molar-refractivity contribution is -0.138. The molecule has 2 N–H and O–H groups in total. The molecule has 0 bridgehead atoms. The minimum Gasteiger partial charge on any atom is -0.481 e. The zero-order chi connectivity index (χ0) is 12.9. The van der Waals surface area contributed by atoms with Crippen molar-refractivity contribution >= 4 is 11.9 Å². The molecule has 7 nitrogen and oxygen atoms in total. The largest absolute Gasteiger partial charge is 0.481 e. The molecule has 0 aliphatic rings. The topological polar surface area (TPSA) is 94.1 Å². The number of nitrogens with one attached hydrogen (secondary N) is 1. The van der Waals surface area contributed by atoms with E-state index in [-0.39, 0.29) is 25.5 Å². The molecule has 0 saturated carbocycles. The van der Waals surface area contributed by atoms with Gasteiger partial charge in [0.1, 0.15) is 6.61 Å². The van der Waals surface area contributed by atoms with Crippen molar-refractivity contribution in [3.63, 3.8) is 0 Å². The molecule has 7 heteroatoms. The van der Waals surface area contributed by atoms with Crippen LogP contribution in [0.25, 0.3) is 0 Å². The van der Waals surface area contributed by atoms with Crippen LogP contribution in [0.4, 0.5) is 0 Å². The van der Waals surface area contributed by atoms with Crippen molar-refractivity contribution < 1.29 is 28.9 Å². The number of carboxylic acid groups (broad SMARTS) is 1. The summed E-state index contributed by atoms with van der Waals surface area (Å²) >= 11 is 0. The summed E-state index contributed by atoms with van der Waals surface area (Å²) < 4.78 is 14.8. The van der Waals surface area contributed by atoms with Gasteiger partial charge in [0, 0.05) is 13.7 Å². The van der Waals surface area contributed by atoms with Gasteiger partial charge in [0.05, 0.1) is 32.8 Å². The number of rotatable bonds is 11. The van der Waals surface area contributed by atoms with E-state index in [1.54, 1.807) is 0 Å². The average Bonchev–Trinajstić information content (AvgIpc) is 2.27. The van der Waals surface area contributed by atoms with Gasteiger partial charge in [-0.3, -0.25) is 9.59 Å². The molecule has 0 aromatic heterocycles. The van der Waals surface area contributed by atoms with Crippen molar-refractivity contribution in [1.29, 1.82) is 0 Å². The molecule has 17 heavy (non-hydrogen) atoms. The Morgan fingerprint density at radius 1 is 1.12 bits per heavy atom. The fourth-order valence-electron chi connectivity index (χ4n) is 0.926. The molecular formula is C10H19NO6. The quantitative estimate of drug-likeness (QED) is 0.468. The van der Waals surface area contributed by atoms with Gasteiger partial charge in [0.25, 0.3) is 0 Å². The van der Waals surface area contributed by atoms with E-state index < -0.39 is 5.97 Å². The first-order valence-corrected chi connectivity index (χ1v) is 5.29. The van der Waals surface area contributed by atoms with Gasteiger partial charge in [-0.05, 0) is 0 Å². The number of hydrogen-bond donors (Lipinski definition) is 2. The van der Waals surface area contributed by atoms with Crippen LogP contribution in [0.15, 0.2) is 0 Å². The van der Waals surface area contributed by atoms with Gasteiger partial charge in [0.15, 0.2) is 0 Å². The van der Waals surface area contributed by atoms with Crippen molar-refractivity contribution in [2.24, 2.45) is 0 Å². The second-order valence-corrected chi connectivity index (χ2v) is 3.15. The number of amides is 1. The summed E-state index contributed by atoms with van der Waals surface area (Å²) in [5.74, 6) is -1.07. The van der Waals surface area contributed by atoms with E-state index in [1.165, 1.54) is 7.11 Å². The summed E-state index contributed by atoms with van der Waals surface area (Å²) in [4.78, 5) is 21.0. The third-order valence-electron chi connectivity index (χ3n) is 1.68. The van der Waals surface area contributed by atoms with Crippen LogP contribution in [0.2, 0.25) is 0 Å². The number of carbonyl (C=O) groups is 2. The third-order valence-corrected chi connectivity index (χ3v) is 1.68. The molecule has 100 valence electrons. The number of hydrogen-bond acceptors (Lipinski definition) is 5. The summed E-state index contributed by atoms with van der Waals surface area (Å²) in [5.41, 5.74) is 0. The predicted molar refractivity (Wildman–Crippen MR) is 58.8 cm³/mol. The Bertz CT molecular complexity index is 221. The fourth-order valence-corrected chi connectivity index (χ4v) is 0.926. The van der Waals surface area contributed by atoms with Crippen LogP contribution >= 0.6 is 0 Å². The Labute approximate surface area is 100 Å². The Balaban J connectivity index is 3.08. The van der Waals surface area contributed by atoms with Crippen LogP contribution in [0, 0.1) is 0 Å². The smallest absolute Gasteiger partial charge is 0.305 e. The first-order valence-electron chi connectivity index (χ1n) is 5.29. The van der Waals surface area contributed by atoms with Gasteiger partial charge in [-0.15, -0.1) is 0 Å². The lowest BCUT2D eigenvalue weighted by atomic mass is 10.5. The van der Waals surface area contributed by atoms with Gasteiger partial charge in [-0.25, -0.2) is 0 Å². The molecule has 0 aliphatic heterocycles. The minimum absolute atomic E-state index is 0.00687. The lowest BCUT2D eigenvalue weighted by Gasteiger charge is -2.06. The van der Waals surface area contributed by atoms with E-state index in [4.69, 9.17) is 14.6 Å². The highest BCUT2D eigenvalue weighted by atomic mass is 16.5. The molecule has 0 spiro atoms. The van der Waals surface area contributed by atoms with Crippen LogP contribution < -0.4 is 5.32 Å². The Morgan fingerprint density at radius 3 is 2.35 bits per heavy atom. The van der Waals surface area contributed by atoms with E-state index in [1.807, 2.05) is 0 Å². The highest BCUT2D eigenvalue weighted by Crippen LogP contribution is 1.83. The molecule has 0 radical (unpaired) electrons. The van der Waals surface area contributed by atoms with E-state index in [9.17, 15) is 9.59 Å². The van der Waals surface area contributed by atoms with Crippen LogP contribution in [-0.4, -0.2) is 63.7 Å². The fraction of sp³-hybridized carbons (Fsp3) is 0.800. The van der Waals surface area contributed by atoms with Gasteiger partial charge in [0.2, 0.25) is 5.91 Å². The van der Waals surface area contributed by atoms with Crippen LogP contribution in [-0.2, 0) is 23.8 Å². The molecule has 0 heterocycles. The SMILES string of the molecule is COCC(=O)NCCOCCOCCC(=O)O. The summed E-state index contributed by atoms with van der Waals surface area (Å²) in [6.45, 7) is 1.75. The molecule has 0 aromatic carbocycles. The maximum absolute atomic E-state index is 10.9. The number of aliphatic carboxylic acids is 1. The maximum atomic E-state index is 10.9. The number of carboxylic acids is 1. The van der Waals surface area contributed by atoms with E-state index in [2.05, 4.69) is 10.1 Å². The molecule has 0 atom stereocenters. The Kier molecular flexibility index (Phi) is 10.5. The van der Waals surface area contributed by atoms with Crippen LogP contribution in [0.5, 0.6) is 0 Å². The first-order chi connectivity index (χ1) is 8.16. The van der Waals surface area contributed by atoms with Crippen molar-refractivity contribution in [1.82, 2.24) is 5.32 Å². The van der Waals surface area contributed by atoms with E-state index >= 15 is 0 Å².